The molecule has 2 amide bonds. The van der Waals surface area contributed by atoms with Crippen molar-refractivity contribution in [3.63, 3.8) is 0 Å². The zero-order valence-corrected chi connectivity index (χ0v) is 15.2. The second-order valence-electron chi connectivity index (χ2n) is 7.38. The van der Waals surface area contributed by atoms with Crippen molar-refractivity contribution in [2.75, 3.05) is 19.6 Å². The molecule has 3 atom stereocenters. The number of hydrogen-bond acceptors (Lipinski definition) is 4. The van der Waals surface area contributed by atoms with Crippen LogP contribution in [-0.4, -0.2) is 53.5 Å². The summed E-state index contributed by atoms with van der Waals surface area (Å²) in [7, 11) is 0. The van der Waals surface area contributed by atoms with Gasteiger partial charge in [-0.05, 0) is 30.9 Å². The Morgan fingerprint density at radius 3 is 2.80 bits per heavy atom. The summed E-state index contributed by atoms with van der Waals surface area (Å²) >= 11 is 0. The Morgan fingerprint density at radius 2 is 2.16 bits per heavy atom. The summed E-state index contributed by atoms with van der Waals surface area (Å²) in [5.41, 5.74) is 1.57. The number of ether oxygens (including phenoxy) is 1. The molecule has 1 aromatic heterocycles. The molecule has 2 aliphatic heterocycles. The lowest BCUT2D eigenvalue weighted by atomic mass is 9.99. The number of hydrogen-bond donors (Lipinski definition) is 1. The third-order valence-electron chi connectivity index (χ3n) is 4.90. The van der Waals surface area contributed by atoms with Gasteiger partial charge in [-0.1, -0.05) is 20.8 Å². The molecule has 2 bridgehead atoms. The first-order chi connectivity index (χ1) is 12.0. The van der Waals surface area contributed by atoms with Crippen LogP contribution in [0.2, 0.25) is 0 Å². The Labute approximate surface area is 148 Å². The predicted molar refractivity (Wildman–Crippen MR) is 94.1 cm³/mol. The molecule has 3 heterocycles. The molecule has 2 fully saturated rings. The number of pyridine rings is 1. The molecule has 0 aliphatic carbocycles. The van der Waals surface area contributed by atoms with Gasteiger partial charge in [-0.15, -0.1) is 0 Å². The Morgan fingerprint density at radius 1 is 1.36 bits per heavy atom. The number of nitrogens with one attached hydrogen (secondary N) is 1. The lowest BCUT2D eigenvalue weighted by Crippen LogP contribution is -2.48. The standard InChI is InChI=1S/C19H27N3O3/c1-4-14-6-5-13(9-20-14)19(24)22-10-15-7-16(17(11-22)25-15)18(23)21-8-12(2)3/h5-6,9,12,15-17H,4,7-8,10-11H2,1-3H3,(H,21,23). The first-order valence-corrected chi connectivity index (χ1v) is 9.15. The van der Waals surface area contributed by atoms with Crippen LogP contribution < -0.4 is 5.32 Å². The van der Waals surface area contributed by atoms with Gasteiger partial charge in [0.05, 0.1) is 23.7 Å². The third kappa shape index (κ3) is 4.00. The van der Waals surface area contributed by atoms with E-state index >= 15 is 0 Å². The number of carbonyl (C=O) groups is 2. The van der Waals surface area contributed by atoms with E-state index in [1.54, 1.807) is 11.1 Å². The Balaban J connectivity index is 1.63. The molecule has 25 heavy (non-hydrogen) atoms. The van der Waals surface area contributed by atoms with E-state index in [-0.39, 0.29) is 29.9 Å². The topological polar surface area (TPSA) is 71.5 Å². The molecule has 1 aromatic rings. The molecule has 0 radical (unpaired) electrons. The number of amides is 2. The third-order valence-corrected chi connectivity index (χ3v) is 4.90. The highest BCUT2D eigenvalue weighted by Crippen LogP contribution is 2.32. The van der Waals surface area contributed by atoms with Crippen molar-refractivity contribution in [1.82, 2.24) is 15.2 Å². The van der Waals surface area contributed by atoms with E-state index in [0.29, 0.717) is 37.5 Å². The van der Waals surface area contributed by atoms with Crippen molar-refractivity contribution in [3.8, 4) is 0 Å². The van der Waals surface area contributed by atoms with Crippen LogP contribution in [0.25, 0.3) is 0 Å². The fourth-order valence-corrected chi connectivity index (χ4v) is 3.48. The first kappa shape index (κ1) is 17.9. The summed E-state index contributed by atoms with van der Waals surface area (Å²) in [6.45, 7) is 7.85. The molecule has 3 rings (SSSR count). The number of nitrogens with zero attached hydrogens (tertiary/aromatic N) is 2. The molecule has 6 nitrogen and oxygen atoms in total. The minimum atomic E-state index is -0.210. The first-order valence-electron chi connectivity index (χ1n) is 9.15. The summed E-state index contributed by atoms with van der Waals surface area (Å²) in [6, 6.07) is 3.73. The van der Waals surface area contributed by atoms with E-state index in [1.165, 1.54) is 0 Å². The van der Waals surface area contributed by atoms with Gasteiger partial charge in [-0.25, -0.2) is 0 Å². The molecule has 0 saturated carbocycles. The summed E-state index contributed by atoms with van der Waals surface area (Å²) in [5, 5.41) is 2.99. The van der Waals surface area contributed by atoms with Gasteiger partial charge >= 0.3 is 0 Å². The molecule has 1 N–H and O–H groups in total. The molecule has 0 aromatic carbocycles. The lowest BCUT2D eigenvalue weighted by Gasteiger charge is -2.32. The molecule has 0 spiro atoms. The fourth-order valence-electron chi connectivity index (χ4n) is 3.48. The normalized spacial score (nSPS) is 25.3. The molecule has 2 saturated heterocycles. The van der Waals surface area contributed by atoms with E-state index in [4.69, 9.17) is 4.74 Å². The SMILES string of the molecule is CCc1ccc(C(=O)N2CC3CC(C(=O)NCC(C)C)C(C2)O3)cn1. The average Bonchev–Trinajstić information content (AvgIpc) is 2.92. The number of rotatable bonds is 5. The van der Waals surface area contributed by atoms with Gasteiger partial charge in [-0.3, -0.25) is 14.6 Å². The maximum absolute atomic E-state index is 12.7. The van der Waals surface area contributed by atoms with Crippen LogP contribution in [-0.2, 0) is 16.0 Å². The molecule has 136 valence electrons. The average molecular weight is 345 g/mol. The summed E-state index contributed by atoms with van der Waals surface area (Å²) in [4.78, 5) is 31.3. The quantitative estimate of drug-likeness (QED) is 0.881. The van der Waals surface area contributed by atoms with Crippen LogP contribution in [0.15, 0.2) is 18.3 Å². The number of likely N-dealkylation sites (tertiary alicyclic amines) is 1. The summed E-state index contributed by atoms with van der Waals surface area (Å²) in [5.74, 6) is 0.269. The highest BCUT2D eigenvalue weighted by molar-refractivity contribution is 5.94. The maximum Gasteiger partial charge on any atom is 0.255 e. The van der Waals surface area contributed by atoms with Crippen molar-refractivity contribution in [3.05, 3.63) is 29.6 Å². The van der Waals surface area contributed by atoms with E-state index < -0.39 is 0 Å². The van der Waals surface area contributed by atoms with Gasteiger partial charge in [-0.2, -0.15) is 0 Å². The van der Waals surface area contributed by atoms with E-state index in [2.05, 4.69) is 24.1 Å². The number of carbonyl (C=O) groups excluding carboxylic acids is 2. The predicted octanol–water partition coefficient (Wildman–Crippen LogP) is 1.65. The minimum Gasteiger partial charge on any atom is -0.370 e. The minimum absolute atomic E-state index is 0.0308. The number of morpholine rings is 1. The second-order valence-corrected chi connectivity index (χ2v) is 7.38. The van der Waals surface area contributed by atoms with Crippen LogP contribution >= 0.6 is 0 Å². The van der Waals surface area contributed by atoms with E-state index in [0.717, 1.165) is 12.1 Å². The highest BCUT2D eigenvalue weighted by Gasteiger charge is 2.45. The smallest absolute Gasteiger partial charge is 0.255 e. The Kier molecular flexibility index (Phi) is 5.37. The van der Waals surface area contributed by atoms with Crippen molar-refractivity contribution >= 4 is 11.8 Å². The largest absolute Gasteiger partial charge is 0.370 e. The molecule has 3 unspecified atom stereocenters. The van der Waals surface area contributed by atoms with Crippen LogP contribution in [0.3, 0.4) is 0 Å². The van der Waals surface area contributed by atoms with Crippen molar-refractivity contribution in [2.24, 2.45) is 11.8 Å². The van der Waals surface area contributed by atoms with Gasteiger partial charge in [0.25, 0.3) is 5.91 Å². The van der Waals surface area contributed by atoms with Crippen LogP contribution in [0.4, 0.5) is 0 Å². The number of aryl methyl sites for hydroxylation is 1. The fraction of sp³-hybridized carbons (Fsp3) is 0.632. The van der Waals surface area contributed by atoms with Crippen LogP contribution in [0.1, 0.15) is 43.2 Å². The monoisotopic (exact) mass is 345 g/mol. The van der Waals surface area contributed by atoms with Gasteiger partial charge in [0, 0.05) is 31.5 Å². The van der Waals surface area contributed by atoms with Crippen molar-refractivity contribution < 1.29 is 14.3 Å². The zero-order valence-electron chi connectivity index (χ0n) is 15.2. The molecular formula is C19H27N3O3. The molecule has 2 aliphatic rings. The summed E-state index contributed by atoms with van der Waals surface area (Å²) < 4.78 is 5.92. The Hall–Kier alpha value is -1.95. The van der Waals surface area contributed by atoms with Gasteiger partial charge < -0.3 is 15.0 Å². The van der Waals surface area contributed by atoms with Gasteiger partial charge in [0.1, 0.15) is 0 Å². The maximum atomic E-state index is 12.7. The van der Waals surface area contributed by atoms with Crippen molar-refractivity contribution in [1.29, 1.82) is 0 Å². The van der Waals surface area contributed by atoms with Crippen LogP contribution in [0.5, 0.6) is 0 Å². The molecule has 6 heteroatoms. The zero-order chi connectivity index (χ0) is 18.0. The lowest BCUT2D eigenvalue weighted by molar-refractivity contribution is -0.127. The Bertz CT molecular complexity index is 629. The van der Waals surface area contributed by atoms with E-state index in [1.807, 2.05) is 19.1 Å². The number of fused-ring (bicyclic) bond motifs is 2. The highest BCUT2D eigenvalue weighted by atomic mass is 16.5. The van der Waals surface area contributed by atoms with Gasteiger partial charge in [0.15, 0.2) is 0 Å². The van der Waals surface area contributed by atoms with E-state index in [9.17, 15) is 9.59 Å². The van der Waals surface area contributed by atoms with Crippen molar-refractivity contribution in [2.45, 2.75) is 45.8 Å². The van der Waals surface area contributed by atoms with Gasteiger partial charge in [0.2, 0.25) is 5.91 Å². The second kappa shape index (κ2) is 7.52. The summed E-state index contributed by atoms with van der Waals surface area (Å²) in [6.07, 6.45) is 2.92. The molecular weight excluding hydrogens is 318 g/mol. The van der Waals surface area contributed by atoms with Crippen LogP contribution in [0, 0.1) is 11.8 Å². The number of aromatic nitrogens is 1.